The van der Waals surface area contributed by atoms with Crippen LogP contribution in [0.2, 0.25) is 0 Å². The Morgan fingerprint density at radius 3 is 1.91 bits per heavy atom. The van der Waals surface area contributed by atoms with Gasteiger partial charge in [-0.1, -0.05) is 24.0 Å². The number of benzene rings is 2. The van der Waals surface area contributed by atoms with E-state index in [9.17, 15) is 55.7 Å². The first-order valence-corrected chi connectivity index (χ1v) is 26.4. The molecule has 82 heavy (non-hydrogen) atoms. The Bertz CT molecular complexity index is 2960. The summed E-state index contributed by atoms with van der Waals surface area (Å²) in [5.74, 6) is 1.17. The van der Waals surface area contributed by atoms with Crippen molar-refractivity contribution in [2.75, 3.05) is 58.1 Å². The zero-order chi connectivity index (χ0) is 59.5. The molecular weight excluding hydrogens is 1100 g/mol. The molecule has 4 fully saturated rings. The van der Waals surface area contributed by atoms with Gasteiger partial charge in [-0.15, -0.1) is 0 Å². The largest absolute Gasteiger partial charge is 0.465 e. The topological polar surface area (TPSA) is 225 Å². The van der Waals surface area contributed by atoms with Gasteiger partial charge in [-0.25, -0.2) is 28.4 Å². The predicted molar refractivity (Wildman–Crippen MR) is 278 cm³/mol. The molecule has 4 aliphatic rings. The van der Waals surface area contributed by atoms with Crippen molar-refractivity contribution in [3.8, 4) is 23.1 Å². The highest BCUT2D eigenvalue weighted by molar-refractivity contribution is 5.87. The van der Waals surface area contributed by atoms with Crippen molar-refractivity contribution in [3.05, 3.63) is 101 Å². The number of hydrazine groups is 1. The lowest BCUT2D eigenvalue weighted by Gasteiger charge is -2.47. The third-order valence-corrected chi connectivity index (χ3v) is 15.7. The Morgan fingerprint density at radius 2 is 1.38 bits per heavy atom. The number of aliphatic hydroxyl groups is 1. The van der Waals surface area contributed by atoms with E-state index in [0.717, 1.165) is 64.2 Å². The Morgan fingerprint density at radius 1 is 0.780 bits per heavy atom. The van der Waals surface area contributed by atoms with Gasteiger partial charge < -0.3 is 45.3 Å². The molecule has 4 amide bonds. The van der Waals surface area contributed by atoms with Crippen molar-refractivity contribution in [1.82, 2.24) is 46.0 Å². The maximum Gasteiger partial charge on any atom is 0.407 e. The number of aromatic nitrogens is 3. The Hall–Kier alpha value is -7.12. The number of carbonyl (C=O) groups is 4. The fourth-order valence-corrected chi connectivity index (χ4v) is 10.5. The third-order valence-electron chi connectivity index (χ3n) is 15.7. The van der Waals surface area contributed by atoms with E-state index in [4.69, 9.17) is 9.47 Å². The molecule has 2 aromatic carbocycles. The molecule has 444 valence electrons. The molecule has 6 N–H and O–H groups in total. The van der Waals surface area contributed by atoms with Gasteiger partial charge in [0.2, 0.25) is 5.91 Å². The fourth-order valence-electron chi connectivity index (χ4n) is 10.5. The third kappa shape index (κ3) is 13.9. The highest BCUT2D eigenvalue weighted by Crippen LogP contribution is 2.42. The van der Waals surface area contributed by atoms with Crippen LogP contribution >= 0.6 is 0 Å². The molecule has 19 nitrogen and oxygen atoms in total. The molecule has 6 heterocycles. The van der Waals surface area contributed by atoms with E-state index in [0.29, 0.717) is 87.2 Å². The van der Waals surface area contributed by atoms with Crippen LogP contribution in [0.3, 0.4) is 0 Å². The molecule has 27 heteroatoms. The van der Waals surface area contributed by atoms with E-state index < -0.39 is 108 Å². The van der Waals surface area contributed by atoms with Crippen LogP contribution in [0.15, 0.2) is 67.0 Å². The molecule has 4 aromatic rings. The van der Waals surface area contributed by atoms with Crippen LogP contribution in [-0.2, 0) is 36.8 Å². The molecule has 4 aliphatic heterocycles. The second-order valence-electron chi connectivity index (χ2n) is 22.0. The van der Waals surface area contributed by atoms with Gasteiger partial charge in [-0.2, -0.15) is 31.4 Å². The summed E-state index contributed by atoms with van der Waals surface area (Å²) in [7, 11) is 0.839. The molecular formula is C55H64F8N10O9. The quantitative estimate of drug-likeness (QED) is 0.0355. The van der Waals surface area contributed by atoms with Crippen LogP contribution in [0.1, 0.15) is 75.3 Å². The van der Waals surface area contributed by atoms with Crippen LogP contribution in [0.5, 0.6) is 0 Å². The van der Waals surface area contributed by atoms with Crippen molar-refractivity contribution < 1.29 is 78.7 Å². The summed E-state index contributed by atoms with van der Waals surface area (Å²) in [6.07, 6.45) is -10.3. The summed E-state index contributed by atoms with van der Waals surface area (Å²) in [4.78, 5) is 61.9. The summed E-state index contributed by atoms with van der Waals surface area (Å²) in [5.41, 5.74) is -3.45. The number of fused-ring (bicyclic) bond motifs is 2. The van der Waals surface area contributed by atoms with Crippen LogP contribution in [0, 0.1) is 34.3 Å². The SMILES string of the molecule is COC(=O)NC(C(=O)NC(Cc1ccc(C#Cc2ccc(N3CC4CCC(C3)N4C3COC3)nc2)cc1)C(O)CN(Cc1c(F)cc(-c2ccn([C@@H]3CCOC3)n2)cc1F)NC(=O)C(NC(=O)O)C(C)(C)C(F)(F)F)C(C)(C)C(F)(F)F. The van der Waals surface area contributed by atoms with Crippen molar-refractivity contribution in [3.63, 3.8) is 0 Å². The maximum absolute atomic E-state index is 16.3. The first-order chi connectivity index (χ1) is 38.6. The molecule has 2 aromatic heterocycles. The number of amides is 4. The number of nitrogens with zero attached hydrogens (tertiary/aromatic N) is 6. The van der Waals surface area contributed by atoms with E-state index in [-0.39, 0.29) is 17.3 Å². The molecule has 8 rings (SSSR count). The molecule has 2 bridgehead atoms. The fraction of sp³-hybridized carbons (Fsp3) is 0.527. The zero-order valence-corrected chi connectivity index (χ0v) is 45.4. The standard InChI is InChI=1S/C55H64F8N10O9/c1-52(2,54(58,59)60)46(67-51(79)80-5)48(75)65-43(20-32-9-6-31(7-10-32)8-11-33-12-15-45(64-23-33)70-24-35-13-14-36(25-70)73(35)38-29-82-30-38)44(74)27-71(69-49(76)47(66-50(77)78)53(3,4)55(61,62)63)26-39-40(56)21-34(22-41(39)57)42-16-18-72(68-42)37-17-19-81-28-37/h6-7,9-10,12,15-16,18,21-23,35-38,43-44,46-47,66,74H,13-14,17,19-20,24-30H2,1-5H3,(H,65,75)(H,67,79)(H,69,76)(H,77,78)/t35?,36?,37-,43?,44?,46?,47?/m1/s1. The lowest BCUT2D eigenvalue weighted by Crippen LogP contribution is -2.63. The highest BCUT2D eigenvalue weighted by atomic mass is 19.4. The van der Waals surface area contributed by atoms with Crippen LogP contribution in [-0.4, -0.2) is 167 Å². The number of pyridine rings is 1. The maximum atomic E-state index is 16.3. The Labute approximate surface area is 467 Å². The normalized spacial score (nSPS) is 20.2. The Balaban J connectivity index is 1.07. The average Bonchev–Trinajstić information content (AvgIpc) is 4.19. The second kappa shape index (κ2) is 24.8. The molecule has 0 radical (unpaired) electrons. The van der Waals surface area contributed by atoms with Gasteiger partial charge in [0.15, 0.2) is 0 Å². The predicted octanol–water partition coefficient (Wildman–Crippen LogP) is 6.10. The van der Waals surface area contributed by atoms with Crippen molar-refractivity contribution in [2.45, 2.75) is 121 Å². The summed E-state index contributed by atoms with van der Waals surface area (Å²) in [5, 5.41) is 32.4. The van der Waals surface area contributed by atoms with Crippen molar-refractivity contribution >= 4 is 29.8 Å². The smallest absolute Gasteiger partial charge is 0.407 e. The molecule has 0 spiro atoms. The van der Waals surface area contributed by atoms with Gasteiger partial charge in [-0.3, -0.25) is 24.6 Å². The van der Waals surface area contributed by atoms with Crippen molar-refractivity contribution in [1.29, 1.82) is 0 Å². The van der Waals surface area contributed by atoms with Crippen molar-refractivity contribution in [2.24, 2.45) is 10.8 Å². The van der Waals surface area contributed by atoms with Gasteiger partial charge in [0.25, 0.3) is 5.91 Å². The minimum atomic E-state index is -5.24. The number of alkyl halides is 6. The van der Waals surface area contributed by atoms with Gasteiger partial charge in [0, 0.05) is 79.5 Å². The number of nitrogens with one attached hydrogen (secondary N) is 4. The average molecular weight is 1160 g/mol. The number of hydrogen-bond donors (Lipinski definition) is 6. The van der Waals surface area contributed by atoms with E-state index in [2.05, 4.69) is 41.8 Å². The minimum Gasteiger partial charge on any atom is -0.465 e. The van der Waals surface area contributed by atoms with Gasteiger partial charge in [0.1, 0.15) is 29.5 Å². The Kier molecular flexibility index (Phi) is 18.4. The second-order valence-corrected chi connectivity index (χ2v) is 22.0. The number of methoxy groups -OCH3 is 1. The number of rotatable bonds is 19. The zero-order valence-electron chi connectivity index (χ0n) is 45.4. The van der Waals surface area contributed by atoms with Gasteiger partial charge in [0.05, 0.1) is 67.7 Å². The van der Waals surface area contributed by atoms with Gasteiger partial charge in [-0.05, 0) is 101 Å². The number of ether oxygens (including phenoxy) is 3. The highest BCUT2D eigenvalue weighted by Gasteiger charge is 2.57. The number of piperazine rings is 1. The number of aliphatic hydroxyl groups excluding tert-OH is 1. The lowest BCUT2D eigenvalue weighted by atomic mass is 9.82. The number of alkyl carbamates (subject to hydrolysis) is 1. The van der Waals surface area contributed by atoms with E-state index in [1.165, 1.54) is 23.5 Å². The monoisotopic (exact) mass is 1160 g/mol. The van der Waals surface area contributed by atoms with Crippen LogP contribution in [0.4, 0.5) is 50.5 Å². The first kappa shape index (κ1) is 61.0. The summed E-state index contributed by atoms with van der Waals surface area (Å²) in [6, 6.07) is 7.57. The molecule has 0 aliphatic carbocycles. The number of halogens is 8. The first-order valence-electron chi connectivity index (χ1n) is 26.4. The minimum absolute atomic E-state index is 0.0426. The van der Waals surface area contributed by atoms with E-state index in [1.54, 1.807) is 29.2 Å². The van der Waals surface area contributed by atoms with E-state index in [1.807, 2.05) is 22.9 Å². The molecule has 6 unspecified atom stereocenters. The van der Waals surface area contributed by atoms with Crippen LogP contribution in [0.25, 0.3) is 11.3 Å². The van der Waals surface area contributed by atoms with E-state index >= 15 is 8.78 Å². The summed E-state index contributed by atoms with van der Waals surface area (Å²) in [6.45, 7) is 4.16. The number of carboxylic acid groups (broad SMARTS) is 1. The molecule has 4 saturated heterocycles. The summed E-state index contributed by atoms with van der Waals surface area (Å²) >= 11 is 0. The number of carbonyl (C=O) groups excluding carboxylic acids is 3. The molecule has 0 saturated carbocycles. The number of hydrogen-bond acceptors (Lipinski definition) is 13. The lowest BCUT2D eigenvalue weighted by molar-refractivity contribution is -0.221. The molecule has 7 atom stereocenters. The summed E-state index contributed by atoms with van der Waals surface area (Å²) < 4.78 is 137. The van der Waals surface area contributed by atoms with Crippen LogP contribution < -0.4 is 26.3 Å². The van der Waals surface area contributed by atoms with Gasteiger partial charge >= 0.3 is 24.5 Å². The number of anilines is 1.